The number of aliphatic hydroxyl groups excluding tert-OH is 2. The number of hydrogen-bond acceptors (Lipinski definition) is 4. The maximum atomic E-state index is 9.84. The van der Waals surface area contributed by atoms with Gasteiger partial charge in [-0.25, -0.2) is 0 Å². The fourth-order valence-electron chi connectivity index (χ4n) is 0.304. The van der Waals surface area contributed by atoms with E-state index in [1.54, 1.807) is 0 Å². The highest BCUT2D eigenvalue weighted by molar-refractivity contribution is 6.24. The van der Waals surface area contributed by atoms with Crippen LogP contribution in [-0.4, -0.2) is 44.0 Å². The van der Waals surface area contributed by atoms with Gasteiger partial charge in [0, 0.05) is 0 Å². The van der Waals surface area contributed by atoms with Crippen LogP contribution in [0, 0.1) is 0 Å². The summed E-state index contributed by atoms with van der Waals surface area (Å²) in [5.74, 6) is 0. The molecule has 0 rings (SSSR count). The van der Waals surface area contributed by atoms with Crippen LogP contribution in [0.1, 0.15) is 19.8 Å². The first-order chi connectivity index (χ1) is 5.68. The fraction of sp³-hybridized carbons (Fsp3) is 1.00. The highest BCUT2D eigenvalue weighted by atomic mass is 28.3. The van der Waals surface area contributed by atoms with E-state index in [1.165, 1.54) is 0 Å². The predicted octanol–water partition coefficient (Wildman–Crippen LogP) is -0.818. The van der Waals surface area contributed by atoms with E-state index in [4.69, 9.17) is 15.0 Å². The summed E-state index contributed by atoms with van der Waals surface area (Å²) in [5.41, 5.74) is 0. The van der Waals surface area contributed by atoms with Crippen molar-refractivity contribution in [3.8, 4) is 0 Å². The Kier molecular flexibility index (Phi) is 15.4. The summed E-state index contributed by atoms with van der Waals surface area (Å²) in [5, 5.41) is 15.2. The maximum absolute atomic E-state index is 9.84. The minimum absolute atomic E-state index is 0.125. The van der Waals surface area contributed by atoms with Crippen LogP contribution in [0.3, 0.4) is 0 Å². The van der Waals surface area contributed by atoms with Crippen LogP contribution in [0.25, 0.3) is 0 Å². The van der Waals surface area contributed by atoms with Crippen LogP contribution in [0.15, 0.2) is 0 Å². The predicted molar refractivity (Wildman–Crippen MR) is 43.7 cm³/mol. The molecule has 0 aliphatic rings. The van der Waals surface area contributed by atoms with Gasteiger partial charge in [0.05, 0.1) is 19.8 Å². The van der Waals surface area contributed by atoms with Gasteiger partial charge in [0.1, 0.15) is 0 Å². The van der Waals surface area contributed by atoms with Crippen molar-refractivity contribution < 1.29 is 23.9 Å². The Balaban J connectivity index is 0. The molecule has 0 aromatic rings. The van der Waals surface area contributed by atoms with Crippen LogP contribution >= 0.6 is 0 Å². The van der Waals surface area contributed by atoms with Gasteiger partial charge in [-0.05, 0) is 6.42 Å². The average molecular weight is 196 g/mol. The van der Waals surface area contributed by atoms with Gasteiger partial charge in [-0.15, -0.1) is 0 Å². The minimum atomic E-state index is -2.66. The zero-order valence-electron chi connectivity index (χ0n) is 7.19. The quantitative estimate of drug-likeness (QED) is 0.395. The van der Waals surface area contributed by atoms with Gasteiger partial charge in [-0.3, -0.25) is 4.46 Å². The number of hydrogen-bond donors (Lipinski definition) is 3. The van der Waals surface area contributed by atoms with Gasteiger partial charge in [-0.2, -0.15) is 0 Å². The second-order valence-corrected chi connectivity index (χ2v) is 2.74. The second kappa shape index (κ2) is 13.2. The van der Waals surface area contributed by atoms with E-state index in [1.807, 2.05) is 6.92 Å². The monoisotopic (exact) mass is 196 g/mol. The first-order valence-electron chi connectivity index (χ1n) is 3.76. The lowest BCUT2D eigenvalue weighted by Crippen LogP contribution is -2.05. The summed E-state index contributed by atoms with van der Waals surface area (Å²) in [6.45, 7) is 2.16. The third-order valence-electron chi connectivity index (χ3n) is 0.823. The van der Waals surface area contributed by atoms with E-state index in [0.29, 0.717) is 6.61 Å². The van der Waals surface area contributed by atoms with E-state index in [2.05, 4.69) is 4.43 Å². The summed E-state index contributed by atoms with van der Waals surface area (Å²) in [6.07, 6.45) is 1.85. The van der Waals surface area contributed by atoms with Gasteiger partial charge in [0.15, 0.2) is 0 Å². The van der Waals surface area contributed by atoms with E-state index in [9.17, 15) is 4.46 Å². The molecule has 6 heteroatoms. The largest absolute Gasteiger partial charge is 0.764 e. The Morgan fingerprint density at radius 2 is 1.83 bits per heavy atom. The molecule has 3 N–H and O–H groups in total. The van der Waals surface area contributed by atoms with E-state index >= 15 is 0 Å². The minimum Gasteiger partial charge on any atom is -0.511 e. The Hall–Kier alpha value is -0.463. The average Bonchev–Trinajstić information content (AvgIpc) is 2.05. The molecule has 0 radical (unpaired) electrons. The number of unbranched alkanes of at least 4 members (excludes halogenated alkanes) is 1. The Morgan fingerprint density at radius 3 is 2.08 bits per heavy atom. The van der Waals surface area contributed by atoms with Crippen molar-refractivity contribution in [1.82, 2.24) is 0 Å². The standard InChI is InChI=1S/C4H10O3Si.C2H6O2/c1-2-3-4-7-8(5)6;3-1-2-4/h5H,2-4H2,1H3;3-4H,1-2H2. The van der Waals surface area contributed by atoms with Crippen molar-refractivity contribution in [2.45, 2.75) is 19.8 Å². The van der Waals surface area contributed by atoms with Crippen molar-refractivity contribution in [2.75, 3.05) is 19.8 Å². The highest BCUT2D eigenvalue weighted by Gasteiger charge is 1.99. The molecule has 0 saturated heterocycles. The van der Waals surface area contributed by atoms with E-state index < -0.39 is 9.17 Å². The molecule has 0 unspecified atom stereocenters. The number of aliphatic hydroxyl groups is 2. The molecule has 0 aliphatic heterocycles. The summed E-state index contributed by atoms with van der Waals surface area (Å²) in [7, 11) is -2.66. The molecule has 0 bridgehead atoms. The molecular weight excluding hydrogens is 180 g/mol. The molecule has 74 valence electrons. The molecule has 0 saturated carbocycles. The van der Waals surface area contributed by atoms with E-state index in [0.717, 1.165) is 12.8 Å². The molecule has 0 aromatic heterocycles. The third kappa shape index (κ3) is 22.7. The van der Waals surface area contributed by atoms with Crippen molar-refractivity contribution in [2.24, 2.45) is 0 Å². The molecule has 12 heavy (non-hydrogen) atoms. The summed E-state index contributed by atoms with van der Waals surface area (Å²) in [4.78, 5) is 8.10. The van der Waals surface area contributed by atoms with Gasteiger partial charge in [-0.1, -0.05) is 13.3 Å². The molecule has 0 atom stereocenters. The normalized spacial score (nSPS) is 8.25. The molecule has 0 heterocycles. The maximum Gasteiger partial charge on any atom is 0.764 e. The van der Waals surface area contributed by atoms with Crippen LogP contribution in [0.2, 0.25) is 0 Å². The molecule has 0 aliphatic carbocycles. The number of rotatable bonds is 5. The van der Waals surface area contributed by atoms with Gasteiger partial charge in [0.2, 0.25) is 0 Å². The van der Waals surface area contributed by atoms with Crippen LogP contribution in [-0.2, 0) is 8.89 Å². The Morgan fingerprint density at radius 1 is 1.33 bits per heavy atom. The molecule has 0 spiro atoms. The fourth-order valence-corrected chi connectivity index (χ4v) is 0.623. The van der Waals surface area contributed by atoms with Crippen molar-refractivity contribution in [1.29, 1.82) is 0 Å². The smallest absolute Gasteiger partial charge is 0.511 e. The third-order valence-corrected chi connectivity index (χ3v) is 1.27. The van der Waals surface area contributed by atoms with Crippen molar-refractivity contribution in [3.05, 3.63) is 0 Å². The second-order valence-electron chi connectivity index (χ2n) is 1.92. The SMILES string of the molecule is CCCCO[Si](=O)O.OCCO. The molecule has 0 amide bonds. The van der Waals surface area contributed by atoms with Crippen LogP contribution < -0.4 is 0 Å². The summed E-state index contributed by atoms with van der Waals surface area (Å²) >= 11 is 0. The first kappa shape index (κ1) is 14.1. The van der Waals surface area contributed by atoms with Crippen LogP contribution in [0.4, 0.5) is 0 Å². The summed E-state index contributed by atoms with van der Waals surface area (Å²) < 4.78 is 14.2. The van der Waals surface area contributed by atoms with Crippen LogP contribution in [0.5, 0.6) is 0 Å². The van der Waals surface area contributed by atoms with Crippen molar-refractivity contribution >= 4 is 9.17 Å². The summed E-state index contributed by atoms with van der Waals surface area (Å²) in [6, 6.07) is 0. The lowest BCUT2D eigenvalue weighted by atomic mass is 10.4. The molecule has 0 aromatic carbocycles. The topological polar surface area (TPSA) is 87.0 Å². The molecule has 5 nitrogen and oxygen atoms in total. The zero-order chi connectivity index (χ0) is 9.82. The molecular formula is C6H16O5Si. The van der Waals surface area contributed by atoms with E-state index in [-0.39, 0.29) is 13.2 Å². The Bertz CT molecular complexity index is 95.9. The Labute approximate surface area is 73.5 Å². The lowest BCUT2D eigenvalue weighted by molar-refractivity contribution is 0.186. The van der Waals surface area contributed by atoms with Gasteiger partial charge in [0.25, 0.3) is 0 Å². The van der Waals surface area contributed by atoms with Crippen molar-refractivity contribution in [3.63, 3.8) is 0 Å². The molecule has 0 fully saturated rings. The van der Waals surface area contributed by atoms with Gasteiger partial charge < -0.3 is 19.4 Å². The lowest BCUT2D eigenvalue weighted by Gasteiger charge is -1.94. The van der Waals surface area contributed by atoms with Gasteiger partial charge >= 0.3 is 9.17 Å². The highest BCUT2D eigenvalue weighted by Crippen LogP contribution is 1.85. The zero-order valence-corrected chi connectivity index (χ0v) is 8.19. The first-order valence-corrected chi connectivity index (χ1v) is 5.02.